The van der Waals surface area contributed by atoms with Crippen molar-refractivity contribution in [2.24, 2.45) is 0 Å². The molecule has 0 amide bonds. The first kappa shape index (κ1) is 13.8. The highest BCUT2D eigenvalue weighted by atomic mass is 19.4. The lowest BCUT2D eigenvalue weighted by molar-refractivity contribution is -0.137. The molecule has 0 aliphatic heterocycles. The van der Waals surface area contributed by atoms with Crippen LogP contribution in [0, 0.1) is 0 Å². The van der Waals surface area contributed by atoms with E-state index in [2.05, 4.69) is 5.32 Å². The Balaban J connectivity index is 2.64. The van der Waals surface area contributed by atoms with Crippen LogP contribution in [0.3, 0.4) is 0 Å². The highest BCUT2D eigenvalue weighted by Crippen LogP contribution is 2.29. The fraction of sp³-hybridized carbons (Fsp3) is 0.500. The van der Waals surface area contributed by atoms with Crippen molar-refractivity contribution in [3.05, 3.63) is 29.8 Å². The maximum absolute atomic E-state index is 12.3. The Morgan fingerprint density at radius 2 is 1.65 bits per heavy atom. The minimum absolute atomic E-state index is 0.358. The molecule has 96 valence electrons. The van der Waals surface area contributed by atoms with Gasteiger partial charge in [0.05, 0.1) is 11.2 Å². The maximum atomic E-state index is 12.3. The zero-order valence-corrected chi connectivity index (χ0v) is 10.1. The molecular weight excluding hydrogens is 231 g/mol. The van der Waals surface area contributed by atoms with E-state index >= 15 is 0 Å². The van der Waals surface area contributed by atoms with E-state index in [9.17, 15) is 13.2 Å². The smallest absolute Gasteiger partial charge is 0.382 e. The van der Waals surface area contributed by atoms with Crippen molar-refractivity contribution >= 4 is 5.69 Å². The molecule has 5 heteroatoms. The van der Waals surface area contributed by atoms with Crippen LogP contribution in [0.2, 0.25) is 0 Å². The third kappa shape index (κ3) is 4.26. The molecule has 0 radical (unpaired) electrons. The number of alkyl halides is 3. The van der Waals surface area contributed by atoms with Crippen molar-refractivity contribution in [1.82, 2.24) is 0 Å². The quantitative estimate of drug-likeness (QED) is 0.878. The summed E-state index contributed by atoms with van der Waals surface area (Å²) in [4.78, 5) is 0. The van der Waals surface area contributed by atoms with Crippen LogP contribution in [0.1, 0.15) is 19.4 Å². The summed E-state index contributed by atoms with van der Waals surface area (Å²) in [7, 11) is 1.59. The van der Waals surface area contributed by atoms with Crippen molar-refractivity contribution in [2.75, 3.05) is 19.0 Å². The molecule has 0 saturated heterocycles. The van der Waals surface area contributed by atoms with Crippen molar-refractivity contribution in [2.45, 2.75) is 25.6 Å². The van der Waals surface area contributed by atoms with Gasteiger partial charge in [0.15, 0.2) is 0 Å². The van der Waals surface area contributed by atoms with Crippen molar-refractivity contribution < 1.29 is 17.9 Å². The number of anilines is 1. The number of methoxy groups -OCH3 is 1. The third-order valence-corrected chi connectivity index (χ3v) is 2.48. The number of nitrogens with one attached hydrogen (secondary N) is 1. The van der Waals surface area contributed by atoms with Crippen LogP contribution in [0.4, 0.5) is 18.9 Å². The molecule has 0 heterocycles. The summed E-state index contributed by atoms with van der Waals surface area (Å²) < 4.78 is 42.1. The molecule has 1 aromatic carbocycles. The molecule has 0 unspecified atom stereocenters. The van der Waals surface area contributed by atoms with E-state index in [-0.39, 0.29) is 5.60 Å². The lowest BCUT2D eigenvalue weighted by atomic mass is 10.1. The summed E-state index contributed by atoms with van der Waals surface area (Å²) in [6.07, 6.45) is -4.29. The SMILES string of the molecule is COC(C)(C)CNc1ccc(C(F)(F)F)cc1. The Kier molecular flexibility index (Phi) is 4.03. The van der Waals surface area contributed by atoms with Crippen molar-refractivity contribution in [1.29, 1.82) is 0 Å². The molecule has 0 aromatic heterocycles. The summed E-state index contributed by atoms with van der Waals surface area (Å²) in [5.41, 5.74) is -0.361. The van der Waals surface area contributed by atoms with Crippen LogP contribution in [0.25, 0.3) is 0 Å². The fourth-order valence-electron chi connectivity index (χ4n) is 1.16. The van der Waals surface area contributed by atoms with Gasteiger partial charge >= 0.3 is 6.18 Å². The second kappa shape index (κ2) is 4.96. The van der Waals surface area contributed by atoms with Crippen LogP contribution in [0.5, 0.6) is 0 Å². The Morgan fingerprint density at radius 1 is 1.12 bits per heavy atom. The number of rotatable bonds is 4. The van der Waals surface area contributed by atoms with Gasteiger partial charge in [-0.2, -0.15) is 13.2 Å². The van der Waals surface area contributed by atoms with Crippen molar-refractivity contribution in [3.63, 3.8) is 0 Å². The number of ether oxygens (including phenoxy) is 1. The summed E-state index contributed by atoms with van der Waals surface area (Å²) >= 11 is 0. The number of halogens is 3. The minimum Gasteiger partial charge on any atom is -0.382 e. The number of hydrogen-bond donors (Lipinski definition) is 1. The maximum Gasteiger partial charge on any atom is 0.416 e. The lowest BCUT2D eigenvalue weighted by Crippen LogP contribution is -2.32. The van der Waals surface area contributed by atoms with Crippen LogP contribution in [-0.4, -0.2) is 19.3 Å². The normalized spacial score (nSPS) is 12.6. The van der Waals surface area contributed by atoms with Gasteiger partial charge in [-0.15, -0.1) is 0 Å². The third-order valence-electron chi connectivity index (χ3n) is 2.48. The zero-order chi connectivity index (χ0) is 13.1. The van der Waals surface area contributed by atoms with Gasteiger partial charge in [0, 0.05) is 19.3 Å². The van der Waals surface area contributed by atoms with E-state index in [1.54, 1.807) is 7.11 Å². The topological polar surface area (TPSA) is 21.3 Å². The molecule has 0 aliphatic carbocycles. The molecule has 0 fully saturated rings. The molecule has 17 heavy (non-hydrogen) atoms. The van der Waals surface area contributed by atoms with Crippen LogP contribution in [-0.2, 0) is 10.9 Å². The average molecular weight is 247 g/mol. The van der Waals surface area contributed by atoms with Gasteiger partial charge in [0.25, 0.3) is 0 Å². The molecule has 1 aromatic rings. The van der Waals surface area contributed by atoms with E-state index in [0.29, 0.717) is 12.2 Å². The second-order valence-electron chi connectivity index (χ2n) is 4.39. The second-order valence-corrected chi connectivity index (χ2v) is 4.39. The first-order chi connectivity index (χ1) is 7.74. The highest BCUT2D eigenvalue weighted by molar-refractivity contribution is 5.45. The van der Waals surface area contributed by atoms with E-state index in [4.69, 9.17) is 4.74 Å². The Morgan fingerprint density at radius 3 is 2.06 bits per heavy atom. The summed E-state index contributed by atoms with van der Waals surface area (Å²) in [6, 6.07) is 4.94. The summed E-state index contributed by atoms with van der Waals surface area (Å²) in [6.45, 7) is 4.31. The molecule has 0 saturated carbocycles. The number of benzene rings is 1. The van der Waals surface area contributed by atoms with Gasteiger partial charge < -0.3 is 10.1 Å². The molecular formula is C12H16F3NO. The molecule has 0 atom stereocenters. The lowest BCUT2D eigenvalue weighted by Gasteiger charge is -2.23. The highest BCUT2D eigenvalue weighted by Gasteiger charge is 2.29. The van der Waals surface area contributed by atoms with E-state index in [1.807, 2.05) is 13.8 Å². The monoisotopic (exact) mass is 247 g/mol. The zero-order valence-electron chi connectivity index (χ0n) is 10.1. The van der Waals surface area contributed by atoms with Crippen LogP contribution >= 0.6 is 0 Å². The van der Waals surface area contributed by atoms with Gasteiger partial charge in [0.1, 0.15) is 0 Å². The number of hydrogen-bond acceptors (Lipinski definition) is 2. The molecule has 1 rings (SSSR count). The predicted molar refractivity (Wildman–Crippen MR) is 61.0 cm³/mol. The summed E-state index contributed by atoms with van der Waals surface area (Å²) in [5, 5.41) is 3.02. The summed E-state index contributed by atoms with van der Waals surface area (Å²) in [5.74, 6) is 0. The molecule has 2 nitrogen and oxygen atoms in total. The van der Waals surface area contributed by atoms with Gasteiger partial charge in [-0.05, 0) is 38.1 Å². The van der Waals surface area contributed by atoms with Gasteiger partial charge in [0.2, 0.25) is 0 Å². The van der Waals surface area contributed by atoms with E-state index < -0.39 is 11.7 Å². The fourth-order valence-corrected chi connectivity index (χ4v) is 1.16. The van der Waals surface area contributed by atoms with Crippen LogP contribution < -0.4 is 5.32 Å². The molecule has 0 spiro atoms. The van der Waals surface area contributed by atoms with Gasteiger partial charge in [-0.1, -0.05) is 0 Å². The van der Waals surface area contributed by atoms with E-state index in [1.165, 1.54) is 12.1 Å². The first-order valence-electron chi connectivity index (χ1n) is 5.21. The molecule has 1 N–H and O–H groups in total. The Hall–Kier alpha value is -1.23. The Bertz CT molecular complexity index is 357. The van der Waals surface area contributed by atoms with Crippen LogP contribution in [0.15, 0.2) is 24.3 Å². The molecule has 0 bridgehead atoms. The average Bonchev–Trinajstić information content (AvgIpc) is 2.26. The standard InChI is InChI=1S/C12H16F3NO/c1-11(2,17-3)8-16-10-6-4-9(5-7-10)12(13,14)15/h4-7,16H,8H2,1-3H3. The molecule has 0 aliphatic rings. The van der Waals surface area contributed by atoms with Gasteiger partial charge in [-0.25, -0.2) is 0 Å². The predicted octanol–water partition coefficient (Wildman–Crippen LogP) is 3.54. The van der Waals surface area contributed by atoms with E-state index in [0.717, 1.165) is 12.1 Å². The van der Waals surface area contributed by atoms with Gasteiger partial charge in [-0.3, -0.25) is 0 Å². The van der Waals surface area contributed by atoms with Crippen molar-refractivity contribution in [3.8, 4) is 0 Å². The Labute approximate surface area is 98.8 Å². The largest absolute Gasteiger partial charge is 0.416 e. The first-order valence-corrected chi connectivity index (χ1v) is 5.21. The minimum atomic E-state index is -4.29.